The molecule has 1 N–H and O–H groups in total. The first-order valence-electron chi connectivity index (χ1n) is 8.84. The lowest BCUT2D eigenvalue weighted by atomic mass is 10.2. The third kappa shape index (κ3) is 5.47. The molecule has 2 aromatic carbocycles. The van der Waals surface area contributed by atoms with Gasteiger partial charge in [0.2, 0.25) is 15.9 Å². The molecule has 0 aromatic heterocycles. The summed E-state index contributed by atoms with van der Waals surface area (Å²) in [6.45, 7) is 1.21. The minimum absolute atomic E-state index is 0.0466. The number of rotatable bonds is 7. The van der Waals surface area contributed by atoms with Crippen LogP contribution in [0, 0.1) is 5.82 Å². The maximum Gasteiger partial charge on any atom is 0.243 e. The number of nitrogens with zero attached hydrogens (tertiary/aromatic N) is 1. The summed E-state index contributed by atoms with van der Waals surface area (Å²) in [4.78, 5) is 12.2. The van der Waals surface area contributed by atoms with E-state index in [1.165, 1.54) is 58.5 Å². The number of carbonyl (C=O) groups excluding carboxylic acids is 1. The fourth-order valence-electron chi connectivity index (χ4n) is 2.74. The highest BCUT2D eigenvalue weighted by atomic mass is 32.2. The van der Waals surface area contributed by atoms with Crippen molar-refractivity contribution in [1.29, 1.82) is 0 Å². The Morgan fingerprint density at radius 2 is 1.90 bits per heavy atom. The second-order valence-corrected chi connectivity index (χ2v) is 9.02. The fourth-order valence-corrected chi connectivity index (χ4v) is 4.51. The van der Waals surface area contributed by atoms with Gasteiger partial charge in [-0.15, -0.1) is 0 Å². The molecule has 0 spiro atoms. The fraction of sp³-hybridized carbons (Fsp3) is 0.316. The summed E-state index contributed by atoms with van der Waals surface area (Å²) in [5, 5.41) is 2.69. The molecule has 10 heteroatoms. The van der Waals surface area contributed by atoms with Gasteiger partial charge in [-0.1, -0.05) is 0 Å². The van der Waals surface area contributed by atoms with Crippen molar-refractivity contribution in [2.45, 2.75) is 4.90 Å². The van der Waals surface area contributed by atoms with Crippen molar-refractivity contribution >= 4 is 33.4 Å². The molecule has 0 radical (unpaired) electrons. The lowest BCUT2D eigenvalue weighted by Crippen LogP contribution is -2.40. The van der Waals surface area contributed by atoms with Gasteiger partial charge >= 0.3 is 0 Å². The van der Waals surface area contributed by atoms with Crippen LogP contribution in [0.25, 0.3) is 0 Å². The van der Waals surface area contributed by atoms with Gasteiger partial charge < -0.3 is 14.8 Å². The van der Waals surface area contributed by atoms with E-state index >= 15 is 0 Å². The smallest absolute Gasteiger partial charge is 0.243 e. The Balaban J connectivity index is 1.93. The molecule has 0 saturated carbocycles. The Morgan fingerprint density at radius 3 is 2.55 bits per heavy atom. The number of amides is 1. The number of carbonyl (C=O) groups is 1. The summed E-state index contributed by atoms with van der Waals surface area (Å²) in [5.74, 6) is 0.124. The Bertz CT molecular complexity index is 961. The minimum Gasteiger partial charge on any atom is -0.455 e. The van der Waals surface area contributed by atoms with Crippen molar-refractivity contribution in [3.63, 3.8) is 0 Å². The molecule has 7 nitrogen and oxygen atoms in total. The minimum atomic E-state index is -3.74. The number of hydrogen-bond acceptors (Lipinski definition) is 6. The number of sulfonamides is 1. The van der Waals surface area contributed by atoms with E-state index in [1.54, 1.807) is 6.26 Å². The molecule has 0 unspecified atom stereocenters. The van der Waals surface area contributed by atoms with Gasteiger partial charge in [0.15, 0.2) is 5.75 Å². The second-order valence-electron chi connectivity index (χ2n) is 6.21. The van der Waals surface area contributed by atoms with Crippen molar-refractivity contribution in [1.82, 2.24) is 4.31 Å². The topological polar surface area (TPSA) is 84.9 Å². The van der Waals surface area contributed by atoms with Gasteiger partial charge in [-0.3, -0.25) is 4.79 Å². The lowest BCUT2D eigenvalue weighted by molar-refractivity contribution is -0.113. The van der Waals surface area contributed by atoms with Crippen LogP contribution >= 0.6 is 11.8 Å². The van der Waals surface area contributed by atoms with Crippen LogP contribution in [0.2, 0.25) is 0 Å². The van der Waals surface area contributed by atoms with Crippen molar-refractivity contribution in [2.24, 2.45) is 0 Å². The van der Waals surface area contributed by atoms with Gasteiger partial charge in [-0.2, -0.15) is 16.1 Å². The molecule has 2 aromatic rings. The molecule has 0 atom stereocenters. The van der Waals surface area contributed by atoms with Crippen molar-refractivity contribution in [2.75, 3.05) is 43.6 Å². The van der Waals surface area contributed by atoms with E-state index in [0.717, 1.165) is 0 Å². The average Bonchev–Trinajstić information content (AvgIpc) is 2.71. The maximum absolute atomic E-state index is 13.1. The van der Waals surface area contributed by atoms with E-state index in [0.29, 0.717) is 19.0 Å². The molecule has 156 valence electrons. The molecule has 0 bridgehead atoms. The van der Waals surface area contributed by atoms with E-state index in [2.05, 4.69) is 5.32 Å². The molecular weight excluding hydrogens is 419 g/mol. The molecule has 1 aliphatic heterocycles. The first kappa shape index (κ1) is 21.6. The molecule has 0 aliphatic carbocycles. The number of halogens is 1. The Kier molecular flexibility index (Phi) is 7.12. The number of thioether (sulfide) groups is 1. The molecule has 1 fully saturated rings. The van der Waals surface area contributed by atoms with E-state index in [1.807, 2.05) is 0 Å². The third-order valence-electron chi connectivity index (χ3n) is 4.15. The average molecular weight is 441 g/mol. The number of benzene rings is 2. The number of nitrogens with one attached hydrogen (secondary N) is 1. The molecule has 29 heavy (non-hydrogen) atoms. The van der Waals surface area contributed by atoms with Crippen molar-refractivity contribution < 1.29 is 27.1 Å². The van der Waals surface area contributed by atoms with E-state index in [9.17, 15) is 17.6 Å². The van der Waals surface area contributed by atoms with E-state index in [-0.39, 0.29) is 41.1 Å². The standard InChI is InChI=1S/C19H21FN2O5S2/c1-28-13-19(23)21-17-12-16(29(24,25)22-8-10-26-11-9-22)6-7-18(17)27-15-4-2-14(20)3-5-15/h2-7,12H,8-11,13H2,1H3,(H,21,23). The Labute approximate surface area is 173 Å². The van der Waals surface area contributed by atoms with Gasteiger partial charge in [0.25, 0.3) is 0 Å². The van der Waals surface area contributed by atoms with Gasteiger partial charge in [0.05, 0.1) is 29.5 Å². The van der Waals surface area contributed by atoms with Crippen LogP contribution in [-0.4, -0.2) is 56.9 Å². The first-order valence-corrected chi connectivity index (χ1v) is 11.7. The molecular formula is C19H21FN2O5S2. The summed E-state index contributed by atoms with van der Waals surface area (Å²) < 4.78 is 51.3. The van der Waals surface area contributed by atoms with E-state index < -0.39 is 15.8 Å². The number of hydrogen-bond donors (Lipinski definition) is 1. The molecule has 1 saturated heterocycles. The summed E-state index contributed by atoms with van der Waals surface area (Å²) in [5.41, 5.74) is 0.225. The van der Waals surface area contributed by atoms with Crippen LogP contribution < -0.4 is 10.1 Å². The Hall–Kier alpha value is -2.14. The van der Waals surface area contributed by atoms with Gasteiger partial charge in [0.1, 0.15) is 11.6 Å². The zero-order valence-corrected chi connectivity index (χ0v) is 17.4. The van der Waals surface area contributed by atoms with Crippen LogP contribution in [0.1, 0.15) is 0 Å². The largest absolute Gasteiger partial charge is 0.455 e. The maximum atomic E-state index is 13.1. The highest BCUT2D eigenvalue weighted by Crippen LogP contribution is 2.33. The zero-order valence-electron chi connectivity index (χ0n) is 15.8. The Morgan fingerprint density at radius 1 is 1.21 bits per heavy atom. The van der Waals surface area contributed by atoms with Crippen LogP contribution in [0.4, 0.5) is 10.1 Å². The SMILES string of the molecule is CSCC(=O)Nc1cc(S(=O)(=O)N2CCOCC2)ccc1Oc1ccc(F)cc1. The van der Waals surface area contributed by atoms with Crippen molar-refractivity contribution in [3.05, 3.63) is 48.3 Å². The number of morpholine rings is 1. The molecule has 1 aliphatic rings. The monoisotopic (exact) mass is 440 g/mol. The lowest BCUT2D eigenvalue weighted by Gasteiger charge is -2.26. The van der Waals surface area contributed by atoms with Crippen LogP contribution in [0.15, 0.2) is 47.4 Å². The third-order valence-corrected chi connectivity index (χ3v) is 6.60. The number of anilines is 1. The van der Waals surface area contributed by atoms with Gasteiger partial charge in [0, 0.05) is 13.1 Å². The van der Waals surface area contributed by atoms with Crippen LogP contribution in [0.5, 0.6) is 11.5 Å². The normalized spacial score (nSPS) is 15.1. The molecule has 1 amide bonds. The molecule has 1 heterocycles. The van der Waals surface area contributed by atoms with Crippen LogP contribution in [-0.2, 0) is 19.6 Å². The van der Waals surface area contributed by atoms with Crippen molar-refractivity contribution in [3.8, 4) is 11.5 Å². The second kappa shape index (κ2) is 9.57. The predicted octanol–water partition coefficient (Wildman–Crippen LogP) is 2.94. The highest BCUT2D eigenvalue weighted by Gasteiger charge is 2.27. The summed E-state index contributed by atoms with van der Waals surface area (Å²) in [6.07, 6.45) is 1.79. The summed E-state index contributed by atoms with van der Waals surface area (Å²) in [7, 11) is -3.74. The van der Waals surface area contributed by atoms with Gasteiger partial charge in [-0.05, 0) is 48.7 Å². The van der Waals surface area contributed by atoms with E-state index in [4.69, 9.17) is 9.47 Å². The summed E-state index contributed by atoms with van der Waals surface area (Å²) in [6, 6.07) is 9.67. The summed E-state index contributed by atoms with van der Waals surface area (Å²) >= 11 is 1.34. The molecule has 3 rings (SSSR count). The first-order chi connectivity index (χ1) is 13.9. The predicted molar refractivity (Wildman–Crippen MR) is 110 cm³/mol. The highest BCUT2D eigenvalue weighted by molar-refractivity contribution is 7.99. The quantitative estimate of drug-likeness (QED) is 0.713. The zero-order chi connectivity index (χ0) is 20.9. The number of ether oxygens (including phenoxy) is 2. The van der Waals surface area contributed by atoms with Gasteiger partial charge in [-0.25, -0.2) is 12.8 Å². The van der Waals surface area contributed by atoms with Crippen LogP contribution in [0.3, 0.4) is 0 Å².